The summed E-state index contributed by atoms with van der Waals surface area (Å²) in [4.78, 5) is 29.5. The van der Waals surface area contributed by atoms with E-state index in [1.54, 1.807) is 30.1 Å². The lowest BCUT2D eigenvalue weighted by atomic mass is 9.97. The van der Waals surface area contributed by atoms with Crippen LogP contribution in [0.15, 0.2) is 67.1 Å². The molecular weight excluding hydrogens is 404 g/mol. The highest BCUT2D eigenvalue weighted by Gasteiger charge is 2.43. The van der Waals surface area contributed by atoms with E-state index in [1.807, 2.05) is 48.7 Å². The molecule has 0 bridgehead atoms. The molecule has 32 heavy (non-hydrogen) atoms. The summed E-state index contributed by atoms with van der Waals surface area (Å²) in [5.41, 5.74) is 2.31. The summed E-state index contributed by atoms with van der Waals surface area (Å²) in [6, 6.07) is 13.5. The van der Waals surface area contributed by atoms with Crippen LogP contribution in [0.5, 0.6) is 0 Å². The summed E-state index contributed by atoms with van der Waals surface area (Å²) in [6.45, 7) is 2.06. The smallest absolute Gasteiger partial charge is 0.331 e. The van der Waals surface area contributed by atoms with Crippen molar-refractivity contribution < 1.29 is 14.3 Å². The first-order valence-corrected chi connectivity index (χ1v) is 10.8. The summed E-state index contributed by atoms with van der Waals surface area (Å²) in [7, 11) is 0. The minimum atomic E-state index is -0.933. The van der Waals surface area contributed by atoms with Gasteiger partial charge in [0.05, 0.1) is 12.3 Å². The topological polar surface area (TPSA) is 86.1 Å². The van der Waals surface area contributed by atoms with E-state index >= 15 is 0 Å². The number of para-hydroxylation sites is 1. The lowest BCUT2D eigenvalue weighted by Crippen LogP contribution is -2.52. The number of benzene rings is 1. The van der Waals surface area contributed by atoms with Crippen molar-refractivity contribution in [3.63, 3.8) is 0 Å². The zero-order valence-corrected chi connectivity index (χ0v) is 18.0. The number of amides is 1. The van der Waals surface area contributed by atoms with Crippen LogP contribution < -0.4 is 5.32 Å². The Morgan fingerprint density at radius 3 is 2.62 bits per heavy atom. The number of nitrogens with one attached hydrogen (secondary N) is 1. The molecule has 1 fully saturated rings. The minimum absolute atomic E-state index is 0.291. The van der Waals surface area contributed by atoms with Gasteiger partial charge in [-0.2, -0.15) is 5.10 Å². The first kappa shape index (κ1) is 21.5. The molecule has 1 N–H and O–H groups in total. The summed E-state index contributed by atoms with van der Waals surface area (Å²) < 4.78 is 7.00. The average molecular weight is 431 g/mol. The molecule has 0 saturated heterocycles. The Hall–Kier alpha value is -3.74. The number of ether oxygens (including phenoxy) is 1. The first-order chi connectivity index (χ1) is 15.6. The summed E-state index contributed by atoms with van der Waals surface area (Å²) >= 11 is 0. The van der Waals surface area contributed by atoms with Gasteiger partial charge in [0, 0.05) is 35.8 Å². The molecule has 2 heterocycles. The van der Waals surface area contributed by atoms with Gasteiger partial charge in [0.25, 0.3) is 0 Å². The fraction of sp³-hybridized carbons (Fsp3) is 0.280. The number of nitrogens with zero attached hydrogens (tertiary/aromatic N) is 3. The molecule has 7 heteroatoms. The molecule has 0 atom stereocenters. The van der Waals surface area contributed by atoms with Crippen LogP contribution in [-0.4, -0.2) is 38.8 Å². The zero-order valence-electron chi connectivity index (χ0n) is 18.0. The number of aromatic nitrogens is 3. The van der Waals surface area contributed by atoms with E-state index in [2.05, 4.69) is 10.3 Å². The fourth-order valence-corrected chi connectivity index (χ4v) is 4.02. The van der Waals surface area contributed by atoms with Crippen molar-refractivity contribution in [3.8, 4) is 16.9 Å². The molecule has 4 rings (SSSR count). The molecule has 3 aromatic rings. The quantitative estimate of drug-likeness (QED) is 0.453. The minimum Gasteiger partial charge on any atom is -0.464 e. The Morgan fingerprint density at radius 2 is 1.94 bits per heavy atom. The predicted molar refractivity (Wildman–Crippen MR) is 122 cm³/mol. The van der Waals surface area contributed by atoms with Gasteiger partial charge >= 0.3 is 5.97 Å². The predicted octanol–water partition coefficient (Wildman–Crippen LogP) is 3.94. The van der Waals surface area contributed by atoms with Crippen molar-refractivity contribution in [2.75, 3.05) is 6.61 Å². The average Bonchev–Trinajstić information content (AvgIpc) is 3.47. The summed E-state index contributed by atoms with van der Waals surface area (Å²) in [6.07, 6.45) is 11.5. The maximum Gasteiger partial charge on any atom is 0.331 e. The normalized spacial score (nSPS) is 15.0. The van der Waals surface area contributed by atoms with Gasteiger partial charge in [-0.25, -0.2) is 9.48 Å². The van der Waals surface area contributed by atoms with Crippen molar-refractivity contribution in [2.24, 2.45) is 0 Å². The van der Waals surface area contributed by atoms with Crippen molar-refractivity contribution in [3.05, 3.63) is 72.7 Å². The van der Waals surface area contributed by atoms with Crippen LogP contribution in [-0.2, 0) is 14.3 Å². The van der Waals surface area contributed by atoms with Gasteiger partial charge in [0.2, 0.25) is 5.91 Å². The number of esters is 1. The highest BCUT2D eigenvalue weighted by atomic mass is 16.5. The number of carbonyl (C=O) groups is 2. The molecule has 1 amide bonds. The number of rotatable bonds is 7. The standard InChI is InChI=1S/C25H26N4O3/c1-2-32-24(31)25(14-6-7-15-25)27-22(30)13-12-20-18-29(21-10-4-3-5-11-21)28-23(20)19-9-8-16-26-17-19/h3-5,8-13,16-18H,2,6-7,14-15H2,1H3,(H,27,30). The Kier molecular flexibility index (Phi) is 6.44. The van der Waals surface area contributed by atoms with Crippen molar-refractivity contribution in [1.82, 2.24) is 20.1 Å². The van der Waals surface area contributed by atoms with Crippen LogP contribution in [0.4, 0.5) is 0 Å². The fourth-order valence-electron chi connectivity index (χ4n) is 4.02. The van der Waals surface area contributed by atoms with E-state index in [4.69, 9.17) is 9.84 Å². The largest absolute Gasteiger partial charge is 0.464 e. The molecule has 1 aliphatic carbocycles. The van der Waals surface area contributed by atoms with Gasteiger partial charge in [0.1, 0.15) is 11.2 Å². The van der Waals surface area contributed by atoms with Crippen LogP contribution in [0.3, 0.4) is 0 Å². The van der Waals surface area contributed by atoms with Gasteiger partial charge in [-0.1, -0.05) is 31.0 Å². The molecule has 0 aliphatic heterocycles. The van der Waals surface area contributed by atoms with Crippen molar-refractivity contribution in [2.45, 2.75) is 38.1 Å². The van der Waals surface area contributed by atoms with Gasteiger partial charge in [-0.15, -0.1) is 0 Å². The summed E-state index contributed by atoms with van der Waals surface area (Å²) in [5.74, 6) is -0.684. The Labute approximate surface area is 187 Å². The second kappa shape index (κ2) is 9.60. The van der Waals surface area contributed by atoms with Crippen LogP contribution >= 0.6 is 0 Å². The second-order valence-electron chi connectivity index (χ2n) is 7.79. The third-order valence-electron chi connectivity index (χ3n) is 5.60. The molecular formula is C25H26N4O3. The highest BCUT2D eigenvalue weighted by molar-refractivity contribution is 5.97. The monoisotopic (exact) mass is 430 g/mol. The van der Waals surface area contributed by atoms with E-state index in [-0.39, 0.29) is 11.9 Å². The molecule has 1 saturated carbocycles. The highest BCUT2D eigenvalue weighted by Crippen LogP contribution is 2.31. The van der Waals surface area contributed by atoms with Crippen LogP contribution in [0, 0.1) is 0 Å². The number of hydrogen-bond donors (Lipinski definition) is 1. The zero-order chi connectivity index (χ0) is 22.4. The number of hydrogen-bond acceptors (Lipinski definition) is 5. The third kappa shape index (κ3) is 4.61. The molecule has 1 aromatic carbocycles. The third-order valence-corrected chi connectivity index (χ3v) is 5.60. The molecule has 7 nitrogen and oxygen atoms in total. The lowest BCUT2D eigenvalue weighted by molar-refractivity contribution is -0.152. The molecule has 0 spiro atoms. The lowest BCUT2D eigenvalue weighted by Gasteiger charge is -2.27. The van der Waals surface area contributed by atoms with E-state index in [1.165, 1.54) is 6.08 Å². The maximum absolute atomic E-state index is 12.8. The Balaban J connectivity index is 1.60. The number of pyridine rings is 1. The Bertz CT molecular complexity index is 1100. The Morgan fingerprint density at radius 1 is 1.16 bits per heavy atom. The molecule has 2 aromatic heterocycles. The van der Waals surface area contributed by atoms with E-state index < -0.39 is 5.54 Å². The first-order valence-electron chi connectivity index (χ1n) is 10.8. The second-order valence-corrected chi connectivity index (χ2v) is 7.79. The van der Waals surface area contributed by atoms with E-state index in [0.29, 0.717) is 25.1 Å². The van der Waals surface area contributed by atoms with Crippen LogP contribution in [0.2, 0.25) is 0 Å². The van der Waals surface area contributed by atoms with Crippen molar-refractivity contribution >= 4 is 18.0 Å². The SMILES string of the molecule is CCOC(=O)C1(NC(=O)C=Cc2cn(-c3ccccc3)nc2-c2cccnc2)CCCC1. The van der Waals surface area contributed by atoms with Crippen LogP contribution in [0.1, 0.15) is 38.2 Å². The van der Waals surface area contributed by atoms with E-state index in [0.717, 1.165) is 29.7 Å². The van der Waals surface area contributed by atoms with Crippen molar-refractivity contribution in [1.29, 1.82) is 0 Å². The number of carbonyl (C=O) groups excluding carboxylic acids is 2. The molecule has 164 valence electrons. The summed E-state index contributed by atoms with van der Waals surface area (Å²) in [5, 5.41) is 7.62. The molecule has 1 aliphatic rings. The van der Waals surface area contributed by atoms with Gasteiger partial charge in [-0.3, -0.25) is 9.78 Å². The van der Waals surface area contributed by atoms with Gasteiger partial charge in [-0.05, 0) is 50.1 Å². The van der Waals surface area contributed by atoms with E-state index in [9.17, 15) is 9.59 Å². The van der Waals surface area contributed by atoms with Gasteiger partial charge < -0.3 is 10.1 Å². The molecule has 0 radical (unpaired) electrons. The molecule has 0 unspecified atom stereocenters. The van der Waals surface area contributed by atoms with Gasteiger partial charge in [0.15, 0.2) is 0 Å². The maximum atomic E-state index is 12.8. The van der Waals surface area contributed by atoms with Crippen LogP contribution in [0.25, 0.3) is 23.0 Å².